The number of anilines is 2. The molecule has 2 saturated heterocycles. The molecule has 9 nitrogen and oxygen atoms in total. The van der Waals surface area contributed by atoms with Gasteiger partial charge in [-0.05, 0) is 6.42 Å². The van der Waals surface area contributed by atoms with Crippen molar-refractivity contribution in [2.75, 3.05) is 43.1 Å². The van der Waals surface area contributed by atoms with Crippen LogP contribution in [0.2, 0.25) is 0 Å². The zero-order chi connectivity index (χ0) is 16.4. The first-order chi connectivity index (χ1) is 11.8. The molecule has 1 atom stereocenters. The molecule has 0 spiro atoms. The van der Waals surface area contributed by atoms with Gasteiger partial charge in [0.15, 0.2) is 0 Å². The molecule has 24 heavy (non-hydrogen) atoms. The summed E-state index contributed by atoms with van der Waals surface area (Å²) >= 11 is 0. The van der Waals surface area contributed by atoms with Crippen molar-refractivity contribution in [1.29, 1.82) is 0 Å². The molecule has 2 aromatic heterocycles. The molecule has 2 aliphatic heterocycles. The molecule has 2 fully saturated rings. The molecule has 0 amide bonds. The van der Waals surface area contributed by atoms with E-state index in [4.69, 9.17) is 4.74 Å². The Morgan fingerprint density at radius 2 is 2.08 bits per heavy atom. The standard InChI is InChI=1S/C15H21N7O2/c23-12-6-22(7-12)15-19-13(11-1-4-24-8-11)5-14(20-15)16-2-3-21-9-17-18-10-21/h5,9-12,23H,1-4,6-8H2,(H,16,19,20)/t11-/m1/s1. The molecule has 128 valence electrons. The smallest absolute Gasteiger partial charge is 0.227 e. The van der Waals surface area contributed by atoms with E-state index < -0.39 is 0 Å². The fraction of sp³-hybridized carbons (Fsp3) is 0.600. The Hall–Kier alpha value is -2.26. The van der Waals surface area contributed by atoms with Crippen molar-refractivity contribution in [1.82, 2.24) is 24.7 Å². The van der Waals surface area contributed by atoms with Crippen molar-refractivity contribution >= 4 is 11.8 Å². The lowest BCUT2D eigenvalue weighted by Gasteiger charge is -2.36. The molecule has 0 aromatic carbocycles. The minimum atomic E-state index is -0.280. The van der Waals surface area contributed by atoms with E-state index in [0.717, 1.165) is 37.6 Å². The zero-order valence-corrected chi connectivity index (χ0v) is 13.4. The number of aliphatic hydroxyl groups excluding tert-OH is 1. The van der Waals surface area contributed by atoms with Gasteiger partial charge in [-0.3, -0.25) is 0 Å². The van der Waals surface area contributed by atoms with Gasteiger partial charge in [-0.15, -0.1) is 10.2 Å². The highest BCUT2D eigenvalue weighted by atomic mass is 16.5. The van der Waals surface area contributed by atoms with Crippen molar-refractivity contribution in [2.45, 2.75) is 25.0 Å². The third kappa shape index (κ3) is 3.31. The molecule has 4 heterocycles. The van der Waals surface area contributed by atoms with Crippen LogP contribution in [0.15, 0.2) is 18.7 Å². The van der Waals surface area contributed by atoms with Gasteiger partial charge in [0.25, 0.3) is 0 Å². The number of rotatable bonds is 6. The van der Waals surface area contributed by atoms with Crippen molar-refractivity contribution in [3.05, 3.63) is 24.4 Å². The van der Waals surface area contributed by atoms with Crippen LogP contribution < -0.4 is 10.2 Å². The fourth-order valence-corrected chi connectivity index (χ4v) is 2.93. The van der Waals surface area contributed by atoms with Gasteiger partial charge in [0.2, 0.25) is 5.95 Å². The number of ether oxygens (including phenoxy) is 1. The van der Waals surface area contributed by atoms with Gasteiger partial charge in [0.1, 0.15) is 18.5 Å². The van der Waals surface area contributed by atoms with Gasteiger partial charge in [-0.1, -0.05) is 0 Å². The maximum Gasteiger partial charge on any atom is 0.227 e. The highest BCUT2D eigenvalue weighted by molar-refractivity contribution is 5.46. The molecule has 0 radical (unpaired) electrons. The third-order valence-electron chi connectivity index (χ3n) is 4.37. The number of nitrogens with zero attached hydrogens (tertiary/aromatic N) is 6. The monoisotopic (exact) mass is 331 g/mol. The van der Waals surface area contributed by atoms with E-state index in [2.05, 4.69) is 25.5 Å². The van der Waals surface area contributed by atoms with Crippen LogP contribution in [0.25, 0.3) is 0 Å². The van der Waals surface area contributed by atoms with Crippen molar-refractivity contribution in [3.63, 3.8) is 0 Å². The van der Waals surface area contributed by atoms with Crippen LogP contribution in [-0.4, -0.2) is 68.8 Å². The highest BCUT2D eigenvalue weighted by Gasteiger charge is 2.28. The number of hydrogen-bond acceptors (Lipinski definition) is 8. The van der Waals surface area contributed by atoms with Gasteiger partial charge in [-0.25, -0.2) is 4.98 Å². The summed E-state index contributed by atoms with van der Waals surface area (Å²) in [5.74, 6) is 1.80. The Morgan fingerprint density at radius 3 is 2.79 bits per heavy atom. The van der Waals surface area contributed by atoms with E-state index in [0.29, 0.717) is 31.6 Å². The van der Waals surface area contributed by atoms with E-state index in [1.54, 1.807) is 12.7 Å². The predicted molar refractivity (Wildman–Crippen MR) is 86.9 cm³/mol. The molecule has 0 saturated carbocycles. The largest absolute Gasteiger partial charge is 0.389 e. The third-order valence-corrected chi connectivity index (χ3v) is 4.37. The SMILES string of the molecule is OC1CN(c2nc(NCCn3cnnc3)cc([C@@H]3CCOC3)n2)C1. The maximum atomic E-state index is 9.53. The molecule has 4 rings (SSSR count). The molecule has 0 bridgehead atoms. The van der Waals surface area contributed by atoms with Crippen LogP contribution in [0.4, 0.5) is 11.8 Å². The van der Waals surface area contributed by atoms with Crippen molar-refractivity contribution in [2.24, 2.45) is 0 Å². The van der Waals surface area contributed by atoms with Gasteiger partial charge < -0.3 is 24.6 Å². The second kappa shape index (κ2) is 6.70. The van der Waals surface area contributed by atoms with Gasteiger partial charge in [-0.2, -0.15) is 4.98 Å². The highest BCUT2D eigenvalue weighted by Crippen LogP contribution is 2.28. The number of nitrogens with one attached hydrogen (secondary N) is 1. The second-order valence-electron chi connectivity index (χ2n) is 6.22. The van der Waals surface area contributed by atoms with E-state index in [-0.39, 0.29) is 6.10 Å². The zero-order valence-electron chi connectivity index (χ0n) is 13.4. The van der Waals surface area contributed by atoms with Gasteiger partial charge >= 0.3 is 0 Å². The molecule has 2 aliphatic rings. The molecule has 0 aliphatic carbocycles. The Labute approximate surface area is 139 Å². The Morgan fingerprint density at radius 1 is 1.25 bits per heavy atom. The first kappa shape index (κ1) is 15.3. The summed E-state index contributed by atoms with van der Waals surface area (Å²) in [5.41, 5.74) is 1.01. The number of hydrogen-bond donors (Lipinski definition) is 2. The lowest BCUT2D eigenvalue weighted by Crippen LogP contribution is -2.51. The number of β-amino-alcohol motifs (C(OH)–C–C–N with tert-alkyl or cyclic N) is 1. The van der Waals surface area contributed by atoms with E-state index in [9.17, 15) is 5.11 Å². The summed E-state index contributed by atoms with van der Waals surface area (Å²) in [6.45, 7) is 4.14. The summed E-state index contributed by atoms with van der Waals surface area (Å²) < 4.78 is 7.40. The normalized spacial score (nSPS) is 21.0. The molecule has 0 unspecified atom stereocenters. The van der Waals surface area contributed by atoms with Crippen LogP contribution in [0.1, 0.15) is 18.0 Å². The summed E-state index contributed by atoms with van der Waals surface area (Å²) in [6, 6.07) is 2.01. The molecular weight excluding hydrogens is 310 g/mol. The fourth-order valence-electron chi connectivity index (χ4n) is 2.93. The first-order valence-electron chi connectivity index (χ1n) is 8.24. The summed E-state index contributed by atoms with van der Waals surface area (Å²) in [5, 5.41) is 20.5. The van der Waals surface area contributed by atoms with Gasteiger partial charge in [0.05, 0.1) is 18.4 Å². The Kier molecular flexibility index (Phi) is 4.26. The molecular formula is C15H21N7O2. The van der Waals surface area contributed by atoms with Crippen LogP contribution in [0, 0.1) is 0 Å². The topological polar surface area (TPSA) is 101 Å². The second-order valence-corrected chi connectivity index (χ2v) is 6.22. The summed E-state index contributed by atoms with van der Waals surface area (Å²) in [6.07, 6.45) is 4.09. The van der Waals surface area contributed by atoms with Crippen LogP contribution >= 0.6 is 0 Å². The lowest BCUT2D eigenvalue weighted by molar-refractivity contribution is 0.140. The quantitative estimate of drug-likeness (QED) is 0.754. The van der Waals surface area contributed by atoms with Crippen LogP contribution in [-0.2, 0) is 11.3 Å². The average molecular weight is 331 g/mol. The molecule has 2 N–H and O–H groups in total. The van der Waals surface area contributed by atoms with Gasteiger partial charge in [0, 0.05) is 44.8 Å². The minimum absolute atomic E-state index is 0.280. The lowest BCUT2D eigenvalue weighted by atomic mass is 10.0. The Balaban J connectivity index is 1.48. The maximum absolute atomic E-state index is 9.53. The molecule has 2 aromatic rings. The first-order valence-corrected chi connectivity index (χ1v) is 8.24. The van der Waals surface area contributed by atoms with Crippen LogP contribution in [0.3, 0.4) is 0 Å². The van der Waals surface area contributed by atoms with E-state index in [1.807, 2.05) is 15.5 Å². The van der Waals surface area contributed by atoms with Crippen molar-refractivity contribution < 1.29 is 9.84 Å². The average Bonchev–Trinajstić information content (AvgIpc) is 3.25. The van der Waals surface area contributed by atoms with E-state index in [1.165, 1.54) is 0 Å². The summed E-state index contributed by atoms with van der Waals surface area (Å²) in [4.78, 5) is 11.3. The predicted octanol–water partition coefficient (Wildman–Crippen LogP) is -0.135. The number of aliphatic hydroxyl groups is 1. The Bertz CT molecular complexity index is 666. The van der Waals surface area contributed by atoms with E-state index >= 15 is 0 Å². The minimum Gasteiger partial charge on any atom is -0.389 e. The van der Waals surface area contributed by atoms with Crippen LogP contribution in [0.5, 0.6) is 0 Å². The molecule has 9 heteroatoms. The number of aromatic nitrogens is 5. The summed E-state index contributed by atoms with van der Waals surface area (Å²) in [7, 11) is 0. The van der Waals surface area contributed by atoms with Crippen molar-refractivity contribution in [3.8, 4) is 0 Å².